The minimum Gasteiger partial charge on any atom is -0.491 e. The lowest BCUT2D eigenvalue weighted by atomic mass is 10.0. The monoisotopic (exact) mass is 836 g/mol. The number of aromatic nitrogens is 1. The third-order valence-electron chi connectivity index (χ3n) is 12.7. The average molecular weight is 837 g/mol. The molecule has 16 heteroatoms. The van der Waals surface area contributed by atoms with Gasteiger partial charge in [0.1, 0.15) is 58.8 Å². The Balaban J connectivity index is 1.05. The number of fused-ring (bicyclic) bond motifs is 4. The Kier molecular flexibility index (Phi) is 12.4. The summed E-state index contributed by atoms with van der Waals surface area (Å²) < 4.78 is 24.1. The number of carboxylic acids is 1. The standard InChI is InChI=1S/C43H57ClN6O9/c1-25(2)45-36-22-35(31-10-11-34(37(44)38(31)47-36)57-17-14-49-12-15-56-16-13-49)58-30-21-33-39(51)48-43(41(53)54)23-28(43)8-6-4-3-5-7-9-32(40(52)50(33)24-30)46-42(55)59-29-19-26-18-27(26)20-29/h6,8,10-11,22,25-30,32-33H,3-5,7,9,12-21,23-24H2,1-2H3,(H,45,47)(H,46,55)(H,48,51)(H,53,54)/b8-6-/t26-,27+,28-,29+,30-,32+,33+,43-/m1/s1. The summed E-state index contributed by atoms with van der Waals surface area (Å²) in [6.07, 6.45) is 9.03. The Morgan fingerprint density at radius 3 is 2.63 bits per heavy atom. The molecule has 0 radical (unpaired) electrons. The average Bonchev–Trinajstić information content (AvgIpc) is 4.00. The number of alkyl carbamates (subject to hydrolysis) is 1. The molecule has 15 nitrogen and oxygen atoms in total. The fourth-order valence-corrected chi connectivity index (χ4v) is 9.57. The molecular formula is C43H57ClN6O9. The first kappa shape index (κ1) is 41.4. The first-order chi connectivity index (χ1) is 28.5. The van der Waals surface area contributed by atoms with Gasteiger partial charge in [0.05, 0.1) is 25.3 Å². The molecule has 59 heavy (non-hydrogen) atoms. The van der Waals surface area contributed by atoms with Crippen LogP contribution in [-0.2, 0) is 23.9 Å². The number of pyridine rings is 1. The Labute approximate surface area is 349 Å². The van der Waals surface area contributed by atoms with E-state index >= 15 is 0 Å². The van der Waals surface area contributed by atoms with Gasteiger partial charge in [-0.15, -0.1) is 0 Å². The Morgan fingerprint density at radius 1 is 1.07 bits per heavy atom. The molecule has 1 aromatic heterocycles. The molecule has 6 aliphatic rings. The summed E-state index contributed by atoms with van der Waals surface area (Å²) >= 11 is 6.99. The highest BCUT2D eigenvalue weighted by Crippen LogP contribution is 2.52. The smallest absolute Gasteiger partial charge is 0.408 e. The molecule has 3 aliphatic carbocycles. The van der Waals surface area contributed by atoms with Crippen LogP contribution in [0.3, 0.4) is 0 Å². The van der Waals surface area contributed by atoms with E-state index in [-0.39, 0.29) is 37.5 Å². The van der Waals surface area contributed by atoms with Crippen LogP contribution in [0, 0.1) is 17.8 Å². The van der Waals surface area contributed by atoms with Crippen molar-refractivity contribution in [2.45, 2.75) is 114 Å². The number of halogens is 1. The highest BCUT2D eigenvalue weighted by atomic mass is 35.5. The lowest BCUT2D eigenvalue weighted by Gasteiger charge is -2.29. The number of carboxylic acid groups (broad SMARTS) is 1. The molecule has 4 N–H and O–H groups in total. The number of benzene rings is 1. The van der Waals surface area contributed by atoms with Crippen LogP contribution in [-0.4, -0.2) is 126 Å². The zero-order valence-electron chi connectivity index (χ0n) is 34.0. The van der Waals surface area contributed by atoms with Crippen LogP contribution in [0.5, 0.6) is 11.5 Å². The maximum Gasteiger partial charge on any atom is 0.408 e. The SMILES string of the molecule is CC(C)Nc1cc(O[C@@H]2C[C@H]3C(=O)N[C@]4(C(=O)O)C[C@H]4/C=C\CCCCC[C@H](NC(=O)O[C@@H]4C[C@@H]5C[C@@H]5C4)C(=O)N3C2)c2ccc(OCCN3CCOCC3)c(Cl)c2n1. The quantitative estimate of drug-likeness (QED) is 0.219. The predicted octanol–water partition coefficient (Wildman–Crippen LogP) is 5.14. The molecule has 0 unspecified atom stereocenters. The third-order valence-corrected chi connectivity index (χ3v) is 13.1. The second-order valence-electron chi connectivity index (χ2n) is 17.5. The molecular weight excluding hydrogens is 780 g/mol. The van der Waals surface area contributed by atoms with E-state index in [4.69, 9.17) is 35.5 Å². The van der Waals surface area contributed by atoms with E-state index in [0.29, 0.717) is 77.7 Å². The first-order valence-electron chi connectivity index (χ1n) is 21.5. The molecule has 3 saturated carbocycles. The minimum atomic E-state index is -1.46. The van der Waals surface area contributed by atoms with Gasteiger partial charge >= 0.3 is 12.1 Å². The van der Waals surface area contributed by atoms with Crippen molar-refractivity contribution in [2.75, 3.05) is 51.3 Å². The van der Waals surface area contributed by atoms with Crippen molar-refractivity contribution < 1.29 is 43.2 Å². The number of rotatable bonds is 11. The number of morpholine rings is 1. The van der Waals surface area contributed by atoms with E-state index in [1.54, 1.807) is 12.1 Å². The summed E-state index contributed by atoms with van der Waals surface area (Å²) in [5, 5.41) is 20.3. The van der Waals surface area contributed by atoms with Gasteiger partial charge in [0.15, 0.2) is 0 Å². The number of aliphatic carboxylic acids is 1. The third kappa shape index (κ3) is 9.52. The molecule has 1 aromatic carbocycles. The number of hydrogen-bond acceptors (Lipinski definition) is 11. The van der Waals surface area contributed by atoms with Gasteiger partial charge in [0.25, 0.3) is 0 Å². The molecule has 4 heterocycles. The van der Waals surface area contributed by atoms with Gasteiger partial charge < -0.3 is 44.9 Å². The van der Waals surface area contributed by atoms with E-state index in [0.717, 1.165) is 51.7 Å². The molecule has 3 amide bonds. The summed E-state index contributed by atoms with van der Waals surface area (Å²) in [6.45, 7) is 8.25. The van der Waals surface area contributed by atoms with Crippen molar-refractivity contribution in [3.05, 3.63) is 35.4 Å². The van der Waals surface area contributed by atoms with Crippen LogP contribution in [0.4, 0.5) is 10.6 Å². The van der Waals surface area contributed by atoms with Crippen molar-refractivity contribution >= 4 is 52.2 Å². The summed E-state index contributed by atoms with van der Waals surface area (Å²) in [4.78, 5) is 63.3. The van der Waals surface area contributed by atoms with Crippen LogP contribution < -0.4 is 25.4 Å². The van der Waals surface area contributed by atoms with E-state index in [9.17, 15) is 24.3 Å². The summed E-state index contributed by atoms with van der Waals surface area (Å²) in [6, 6.07) is 3.45. The normalized spacial score (nSPS) is 31.5. The molecule has 0 spiro atoms. The predicted molar refractivity (Wildman–Crippen MR) is 220 cm³/mol. The Bertz CT molecular complexity index is 1930. The van der Waals surface area contributed by atoms with E-state index in [1.165, 1.54) is 11.3 Å². The fourth-order valence-electron chi connectivity index (χ4n) is 9.31. The lowest BCUT2D eigenvalue weighted by molar-refractivity contribution is -0.145. The summed E-state index contributed by atoms with van der Waals surface area (Å²) in [7, 11) is 0. The number of hydrogen-bond donors (Lipinski definition) is 4. The van der Waals surface area contributed by atoms with Crippen LogP contribution in [0.2, 0.25) is 5.02 Å². The molecule has 3 aliphatic heterocycles. The second-order valence-corrected chi connectivity index (χ2v) is 17.8. The number of nitrogens with zero attached hydrogens (tertiary/aromatic N) is 3. The minimum absolute atomic E-state index is 0.0206. The molecule has 0 bridgehead atoms. The van der Waals surface area contributed by atoms with Gasteiger partial charge in [-0.05, 0) is 82.8 Å². The number of nitrogens with one attached hydrogen (secondary N) is 3. The van der Waals surface area contributed by atoms with Gasteiger partial charge in [-0.25, -0.2) is 14.6 Å². The van der Waals surface area contributed by atoms with E-state index in [2.05, 4.69) is 20.9 Å². The molecule has 8 atom stereocenters. The Hall–Kier alpha value is -4.34. The van der Waals surface area contributed by atoms with Crippen molar-refractivity contribution in [2.24, 2.45) is 17.8 Å². The van der Waals surface area contributed by atoms with Crippen molar-refractivity contribution in [1.29, 1.82) is 0 Å². The van der Waals surface area contributed by atoms with Gasteiger partial charge in [-0.2, -0.15) is 0 Å². The van der Waals surface area contributed by atoms with Crippen LogP contribution in [0.25, 0.3) is 10.9 Å². The second kappa shape index (κ2) is 17.7. The zero-order chi connectivity index (χ0) is 41.3. The van der Waals surface area contributed by atoms with Crippen LogP contribution in [0.1, 0.15) is 78.1 Å². The summed E-state index contributed by atoms with van der Waals surface area (Å²) in [5.74, 6) is 0.218. The molecule has 8 rings (SSSR count). The topological polar surface area (TPSA) is 181 Å². The van der Waals surface area contributed by atoms with Crippen molar-refractivity contribution in [1.82, 2.24) is 25.4 Å². The Morgan fingerprint density at radius 2 is 1.86 bits per heavy atom. The van der Waals surface area contributed by atoms with Crippen molar-refractivity contribution in [3.8, 4) is 11.5 Å². The number of anilines is 1. The van der Waals surface area contributed by atoms with Crippen molar-refractivity contribution in [3.63, 3.8) is 0 Å². The van der Waals surface area contributed by atoms with Crippen LogP contribution in [0.15, 0.2) is 30.4 Å². The highest BCUT2D eigenvalue weighted by molar-refractivity contribution is 6.36. The van der Waals surface area contributed by atoms with Crippen LogP contribution >= 0.6 is 11.6 Å². The molecule has 2 aromatic rings. The summed E-state index contributed by atoms with van der Waals surface area (Å²) in [5.41, 5.74) is -0.987. The number of ether oxygens (including phenoxy) is 4. The first-order valence-corrected chi connectivity index (χ1v) is 21.8. The fraction of sp³-hybridized carbons (Fsp3) is 0.651. The lowest BCUT2D eigenvalue weighted by Crippen LogP contribution is -2.56. The molecule has 2 saturated heterocycles. The number of carbonyl (C=O) groups excluding carboxylic acids is 3. The van der Waals surface area contributed by atoms with Gasteiger partial charge in [-0.3, -0.25) is 14.5 Å². The van der Waals surface area contributed by atoms with E-state index < -0.39 is 47.6 Å². The molecule has 5 fully saturated rings. The maximum atomic E-state index is 14.6. The largest absolute Gasteiger partial charge is 0.491 e. The zero-order valence-corrected chi connectivity index (χ0v) is 34.7. The number of carbonyl (C=O) groups is 4. The van der Waals surface area contributed by atoms with Gasteiger partial charge in [-0.1, -0.05) is 36.6 Å². The highest BCUT2D eigenvalue weighted by Gasteiger charge is 2.61. The maximum absolute atomic E-state index is 14.6. The molecule has 320 valence electrons. The number of allylic oxidation sites excluding steroid dienone is 1. The van der Waals surface area contributed by atoms with Gasteiger partial charge in [0, 0.05) is 49.5 Å². The van der Waals surface area contributed by atoms with Gasteiger partial charge in [0.2, 0.25) is 11.8 Å². The van der Waals surface area contributed by atoms with E-state index in [1.807, 2.05) is 32.1 Å². The number of amides is 3.